The van der Waals surface area contributed by atoms with Gasteiger partial charge in [0.1, 0.15) is 23.4 Å². The van der Waals surface area contributed by atoms with Gasteiger partial charge in [0.25, 0.3) is 0 Å². The van der Waals surface area contributed by atoms with Crippen molar-refractivity contribution in [3.8, 4) is 17.7 Å². The Balaban J connectivity index is 2.07. The minimum atomic E-state index is -1.34. The number of carboxylic acids is 1. The van der Waals surface area contributed by atoms with Crippen LogP contribution in [0.3, 0.4) is 0 Å². The van der Waals surface area contributed by atoms with E-state index in [2.05, 4.69) is 4.98 Å². The maximum absolute atomic E-state index is 11.4. The number of ether oxygens (including phenoxy) is 2. The molecule has 2 heterocycles. The number of halogens is 2. The molecule has 3 rings (SSSR count). The van der Waals surface area contributed by atoms with Gasteiger partial charge >= 0.3 is 5.97 Å². The lowest BCUT2D eigenvalue weighted by Crippen LogP contribution is -2.20. The molecule has 160 valence electrons. The normalized spacial score (nSPS) is 15.7. The van der Waals surface area contributed by atoms with Gasteiger partial charge in [-0.1, -0.05) is 12.8 Å². The van der Waals surface area contributed by atoms with Gasteiger partial charge in [-0.3, -0.25) is 4.40 Å². The summed E-state index contributed by atoms with van der Waals surface area (Å²) in [6, 6.07) is 5.30. The van der Waals surface area contributed by atoms with E-state index in [-0.39, 0.29) is 23.7 Å². The highest BCUT2D eigenvalue weighted by Crippen LogP contribution is 2.31. The quantitative estimate of drug-likeness (QED) is 0.271. The van der Waals surface area contributed by atoms with E-state index in [1.807, 2.05) is 6.07 Å². The Morgan fingerprint density at radius 2 is 2.03 bits per heavy atom. The van der Waals surface area contributed by atoms with Crippen molar-refractivity contribution in [3.05, 3.63) is 29.6 Å². The van der Waals surface area contributed by atoms with E-state index in [0.717, 1.165) is 25.7 Å². The third-order valence-corrected chi connectivity index (χ3v) is 5.66. The van der Waals surface area contributed by atoms with Crippen LogP contribution in [-0.4, -0.2) is 44.4 Å². The number of imidazole rings is 1. The summed E-state index contributed by atoms with van der Waals surface area (Å²) < 4.78 is 13.7. The van der Waals surface area contributed by atoms with E-state index < -0.39 is 17.6 Å². The van der Waals surface area contributed by atoms with E-state index in [9.17, 15) is 15.2 Å². The van der Waals surface area contributed by atoms with Crippen molar-refractivity contribution in [2.75, 3.05) is 11.8 Å². The number of nitrogens with zero attached hydrogens (tertiary/aromatic N) is 3. The third-order valence-electron chi connectivity index (χ3n) is 4.97. The van der Waals surface area contributed by atoms with Crippen molar-refractivity contribution in [1.29, 1.82) is 5.26 Å². The zero-order chi connectivity index (χ0) is 21.5. The smallest absolute Gasteiger partial charge is 0.346 e. The summed E-state index contributed by atoms with van der Waals surface area (Å²) in [6.45, 7) is 0. The fourth-order valence-corrected chi connectivity index (χ4v) is 3.89. The van der Waals surface area contributed by atoms with Crippen LogP contribution in [0.5, 0.6) is 11.6 Å². The molecule has 0 saturated heterocycles. The van der Waals surface area contributed by atoms with Gasteiger partial charge in [-0.05, 0) is 43.9 Å². The minimum Gasteiger partial charge on any atom is -0.487 e. The second-order valence-corrected chi connectivity index (χ2v) is 7.74. The van der Waals surface area contributed by atoms with Crippen LogP contribution in [0.4, 0.5) is 0 Å². The summed E-state index contributed by atoms with van der Waals surface area (Å²) in [5, 5.41) is 18.5. The summed E-state index contributed by atoms with van der Waals surface area (Å²) in [4.78, 5) is 15.9. The molecule has 30 heavy (non-hydrogen) atoms. The molecular weight excluding hydrogens is 429 g/mol. The van der Waals surface area contributed by atoms with Crippen LogP contribution in [0.1, 0.15) is 44.2 Å². The van der Waals surface area contributed by atoms with Crippen molar-refractivity contribution in [1.82, 2.24) is 9.38 Å². The van der Waals surface area contributed by atoms with Crippen LogP contribution in [0.15, 0.2) is 23.9 Å². The van der Waals surface area contributed by atoms with Crippen LogP contribution in [0.2, 0.25) is 0 Å². The number of nitriles is 1. The molecule has 9 heteroatoms. The number of carbonyl (C=O) groups is 1. The molecule has 1 fully saturated rings. The molecule has 1 aliphatic rings. The molecule has 1 aliphatic carbocycles. The average molecular weight is 452 g/mol. The largest absolute Gasteiger partial charge is 0.487 e. The first-order valence-corrected chi connectivity index (χ1v) is 11.0. The second kappa shape index (κ2) is 10.6. The van der Waals surface area contributed by atoms with Gasteiger partial charge in [0.05, 0.1) is 17.9 Å². The Bertz CT molecular complexity index is 955. The molecule has 1 saturated carbocycles. The Morgan fingerprint density at radius 3 is 2.63 bits per heavy atom. The molecule has 0 aromatic carbocycles. The molecule has 0 unspecified atom stereocenters. The van der Waals surface area contributed by atoms with Gasteiger partial charge in [0.15, 0.2) is 11.4 Å². The van der Waals surface area contributed by atoms with E-state index in [0.29, 0.717) is 17.1 Å². The molecule has 0 aliphatic heterocycles. The van der Waals surface area contributed by atoms with E-state index >= 15 is 0 Å². The highest BCUT2D eigenvalue weighted by Gasteiger charge is 2.22. The number of alkyl halides is 2. The number of carboxylic acid groups (broad SMARTS) is 1. The summed E-state index contributed by atoms with van der Waals surface area (Å²) >= 11 is 11.8. The number of hydrogen-bond donors (Lipinski definition) is 1. The van der Waals surface area contributed by atoms with Crippen LogP contribution in [0, 0.1) is 11.3 Å². The Morgan fingerprint density at radius 1 is 1.33 bits per heavy atom. The van der Waals surface area contributed by atoms with E-state index in [4.69, 9.17) is 32.7 Å². The Kier molecular flexibility index (Phi) is 7.83. The fourth-order valence-electron chi connectivity index (χ4n) is 3.43. The standard InChI is InChI=1S/C21H23Cl2N3O4/c22-11-16(12-23)30-20-17(10-14(13-24)21(27)28)26-9-5-8-18(19(26)25-20)29-15-6-3-1-2-4-7-15/h5,8-10,15-16H,1-4,6-7,11-12H2,(H,27,28). The highest BCUT2D eigenvalue weighted by atomic mass is 35.5. The maximum Gasteiger partial charge on any atom is 0.346 e. The predicted octanol–water partition coefficient (Wildman–Crippen LogP) is 4.65. The van der Waals surface area contributed by atoms with Crippen LogP contribution in [0.25, 0.3) is 11.7 Å². The molecule has 0 amide bonds. The molecule has 0 atom stereocenters. The third kappa shape index (κ3) is 5.18. The number of fused-ring (bicyclic) bond motifs is 1. The Hall–Kier alpha value is -2.43. The molecule has 0 spiro atoms. The summed E-state index contributed by atoms with van der Waals surface area (Å²) in [5.41, 5.74) is 0.356. The van der Waals surface area contributed by atoms with Crippen LogP contribution >= 0.6 is 23.2 Å². The summed E-state index contributed by atoms with van der Waals surface area (Å²) in [6.07, 6.45) is 9.17. The topological polar surface area (TPSA) is 96.9 Å². The van der Waals surface area contributed by atoms with Gasteiger partial charge < -0.3 is 14.6 Å². The van der Waals surface area contributed by atoms with Crippen molar-refractivity contribution in [2.45, 2.75) is 50.7 Å². The first-order valence-electron chi connectivity index (χ1n) is 9.88. The van der Waals surface area contributed by atoms with Gasteiger partial charge in [0, 0.05) is 6.20 Å². The summed E-state index contributed by atoms with van der Waals surface area (Å²) in [7, 11) is 0. The zero-order valence-electron chi connectivity index (χ0n) is 16.4. The summed E-state index contributed by atoms with van der Waals surface area (Å²) in [5.74, 6) is -0.342. The number of pyridine rings is 1. The Labute approximate surface area is 184 Å². The van der Waals surface area contributed by atoms with E-state index in [1.54, 1.807) is 22.7 Å². The molecule has 2 aromatic heterocycles. The van der Waals surface area contributed by atoms with Crippen molar-refractivity contribution >= 4 is 40.9 Å². The van der Waals surface area contributed by atoms with E-state index in [1.165, 1.54) is 18.9 Å². The van der Waals surface area contributed by atoms with Crippen molar-refractivity contribution in [2.24, 2.45) is 0 Å². The minimum absolute atomic E-state index is 0.103. The average Bonchev–Trinajstić information content (AvgIpc) is 2.89. The lowest BCUT2D eigenvalue weighted by molar-refractivity contribution is -0.132. The molecule has 0 radical (unpaired) electrons. The first-order chi connectivity index (χ1) is 14.6. The van der Waals surface area contributed by atoms with Crippen molar-refractivity contribution in [3.63, 3.8) is 0 Å². The molecule has 7 nitrogen and oxygen atoms in total. The maximum atomic E-state index is 11.4. The number of aromatic nitrogens is 2. The highest BCUT2D eigenvalue weighted by molar-refractivity contribution is 6.21. The SMILES string of the molecule is N#CC(=Cc1c(OC(CCl)CCl)nc2c(OC3CCCCCC3)cccn12)C(=O)O. The van der Waals surface area contributed by atoms with Gasteiger partial charge in [-0.2, -0.15) is 10.2 Å². The van der Waals surface area contributed by atoms with Gasteiger partial charge in [0.2, 0.25) is 5.88 Å². The fraction of sp³-hybridized carbons (Fsp3) is 0.476. The predicted molar refractivity (Wildman–Crippen MR) is 114 cm³/mol. The second-order valence-electron chi connectivity index (χ2n) is 7.12. The molecule has 2 aromatic rings. The molecular formula is C21H23Cl2N3O4. The first kappa shape index (κ1) is 22.3. The van der Waals surface area contributed by atoms with Crippen LogP contribution < -0.4 is 9.47 Å². The van der Waals surface area contributed by atoms with Crippen LogP contribution in [-0.2, 0) is 4.79 Å². The van der Waals surface area contributed by atoms with Crippen molar-refractivity contribution < 1.29 is 19.4 Å². The monoisotopic (exact) mass is 451 g/mol. The van der Waals surface area contributed by atoms with Gasteiger partial charge in [-0.25, -0.2) is 4.79 Å². The lowest BCUT2D eigenvalue weighted by atomic mass is 10.1. The lowest BCUT2D eigenvalue weighted by Gasteiger charge is -2.17. The molecule has 1 N–H and O–H groups in total. The van der Waals surface area contributed by atoms with Gasteiger partial charge in [-0.15, -0.1) is 23.2 Å². The number of hydrogen-bond acceptors (Lipinski definition) is 5. The number of rotatable bonds is 8. The number of aliphatic carboxylic acids is 1. The zero-order valence-corrected chi connectivity index (χ0v) is 17.9. The molecule has 0 bridgehead atoms.